The van der Waals surface area contributed by atoms with Gasteiger partial charge in [0, 0.05) is 24.3 Å². The van der Waals surface area contributed by atoms with Crippen LogP contribution in [0.4, 0.5) is 5.69 Å². The van der Waals surface area contributed by atoms with Crippen LogP contribution >= 0.6 is 0 Å². The molecule has 3 aliphatic heterocycles. The number of ether oxygens (including phenoxy) is 2. The maximum atomic E-state index is 15.0. The molecule has 7 atom stereocenters. The summed E-state index contributed by atoms with van der Waals surface area (Å²) in [6, 6.07) is 15.2. The van der Waals surface area contributed by atoms with Gasteiger partial charge in [-0.05, 0) is 83.2 Å². The first-order valence-electron chi connectivity index (χ1n) is 17.0. The largest absolute Gasteiger partial charge is 0.494 e. The highest BCUT2D eigenvalue weighted by Crippen LogP contribution is 2.66. The Morgan fingerprint density at radius 3 is 2.29 bits per heavy atom. The van der Waals surface area contributed by atoms with Crippen LogP contribution in [-0.4, -0.2) is 87.8 Å². The molecule has 2 aromatic rings. The van der Waals surface area contributed by atoms with Crippen LogP contribution < -0.4 is 9.64 Å². The Kier molecular flexibility index (Phi) is 9.96. The van der Waals surface area contributed by atoms with Crippen molar-refractivity contribution in [3.63, 3.8) is 0 Å². The minimum absolute atomic E-state index is 0.138. The monoisotopic (exact) mass is 657 g/mol. The molecule has 3 amide bonds. The number of aliphatic hydroxyl groups is 1. The molecule has 2 aromatic carbocycles. The first kappa shape index (κ1) is 35.4. The van der Waals surface area contributed by atoms with Crippen LogP contribution in [0.5, 0.6) is 5.75 Å². The Balaban J connectivity index is 1.64. The maximum Gasteiger partial charge on any atom is 0.249 e. The normalized spacial score (nSPS) is 28.1. The molecule has 1 N–H and O–H groups in total. The smallest absolute Gasteiger partial charge is 0.249 e. The van der Waals surface area contributed by atoms with Crippen molar-refractivity contribution in [1.82, 2.24) is 9.80 Å². The molecule has 3 saturated heterocycles. The molecule has 3 aliphatic rings. The molecular weight excluding hydrogens is 606 g/mol. The van der Waals surface area contributed by atoms with Crippen LogP contribution in [0.15, 0.2) is 79.9 Å². The second-order valence-electron chi connectivity index (χ2n) is 14.5. The standard InChI is InChI=1S/C39H51N3O6/c1-9-21-40(28-17-19-30(20-18-28)47-11-3)34(44)31-32-35(45)42(29(25-43)23-27-15-13-12-14-16-27)33(36(46)41(22-10-2)37(5,6)7)39(32)24-26(4)38(31,8)48-39/h9-10,12-20,26,29,31-33,43H,1-2,11,21-25H2,3-8H3/t26?,29-,31+,32+,33?,38-,39?/m1/s1. The van der Waals surface area contributed by atoms with Gasteiger partial charge in [-0.25, -0.2) is 0 Å². The molecule has 0 radical (unpaired) electrons. The lowest BCUT2D eigenvalue weighted by molar-refractivity contribution is -0.158. The predicted molar refractivity (Wildman–Crippen MR) is 186 cm³/mol. The summed E-state index contributed by atoms with van der Waals surface area (Å²) in [4.78, 5) is 49.9. The number of amides is 3. The molecule has 9 heteroatoms. The van der Waals surface area contributed by atoms with Gasteiger partial charge >= 0.3 is 0 Å². The van der Waals surface area contributed by atoms with E-state index >= 15 is 4.79 Å². The van der Waals surface area contributed by atoms with Crippen molar-refractivity contribution in [3.8, 4) is 5.75 Å². The lowest BCUT2D eigenvalue weighted by Gasteiger charge is -2.43. The second-order valence-corrected chi connectivity index (χ2v) is 14.5. The fourth-order valence-electron chi connectivity index (χ4n) is 8.34. The van der Waals surface area contributed by atoms with E-state index in [-0.39, 0.29) is 43.3 Å². The van der Waals surface area contributed by atoms with E-state index in [0.717, 1.165) is 5.56 Å². The third-order valence-electron chi connectivity index (χ3n) is 10.6. The van der Waals surface area contributed by atoms with Crippen molar-refractivity contribution in [3.05, 3.63) is 85.5 Å². The highest BCUT2D eigenvalue weighted by molar-refractivity contribution is 6.03. The minimum Gasteiger partial charge on any atom is -0.494 e. The van der Waals surface area contributed by atoms with Gasteiger partial charge < -0.3 is 29.3 Å². The number of carbonyl (C=O) groups is 3. The molecule has 3 heterocycles. The van der Waals surface area contributed by atoms with Gasteiger partial charge in [-0.2, -0.15) is 0 Å². The SMILES string of the molecule is C=CCN(C(=O)[C@@H]1[C@H]2C(=O)N([C@@H](CO)Cc3ccccc3)C(C(=O)N(CC=C)C(C)(C)C)C23CC(C)[C@@]1(C)O3)c1ccc(OCC)cc1. The summed E-state index contributed by atoms with van der Waals surface area (Å²) >= 11 is 0. The predicted octanol–water partition coefficient (Wildman–Crippen LogP) is 5.03. The molecule has 3 fully saturated rings. The molecule has 0 saturated carbocycles. The Morgan fingerprint density at radius 2 is 1.73 bits per heavy atom. The summed E-state index contributed by atoms with van der Waals surface area (Å²) in [6.07, 6.45) is 4.11. The number of hydrogen-bond acceptors (Lipinski definition) is 6. The Bertz CT molecular complexity index is 1520. The van der Waals surface area contributed by atoms with Gasteiger partial charge in [0.15, 0.2) is 0 Å². The van der Waals surface area contributed by atoms with Crippen molar-refractivity contribution in [2.24, 2.45) is 17.8 Å². The molecule has 1 spiro atoms. The molecule has 5 rings (SSSR count). The van der Waals surface area contributed by atoms with Crippen molar-refractivity contribution in [2.75, 3.05) is 31.2 Å². The van der Waals surface area contributed by atoms with E-state index in [2.05, 4.69) is 13.2 Å². The van der Waals surface area contributed by atoms with Gasteiger partial charge in [0.25, 0.3) is 0 Å². The lowest BCUT2D eigenvalue weighted by Crippen LogP contribution is -2.62. The van der Waals surface area contributed by atoms with Crippen molar-refractivity contribution in [1.29, 1.82) is 0 Å². The Labute approximate surface area is 285 Å². The van der Waals surface area contributed by atoms with Crippen molar-refractivity contribution >= 4 is 23.4 Å². The summed E-state index contributed by atoms with van der Waals surface area (Å²) in [5, 5.41) is 10.9. The second kappa shape index (κ2) is 13.5. The van der Waals surface area contributed by atoms with Crippen LogP contribution in [0.2, 0.25) is 0 Å². The van der Waals surface area contributed by atoms with E-state index in [0.29, 0.717) is 30.9 Å². The average Bonchev–Trinajstić information content (AvgIpc) is 3.57. The first-order chi connectivity index (χ1) is 22.8. The highest BCUT2D eigenvalue weighted by Gasteiger charge is 2.80. The van der Waals surface area contributed by atoms with Gasteiger partial charge in [0.2, 0.25) is 17.7 Å². The highest BCUT2D eigenvalue weighted by atomic mass is 16.5. The molecule has 258 valence electrons. The summed E-state index contributed by atoms with van der Waals surface area (Å²) in [7, 11) is 0. The average molecular weight is 658 g/mol. The number of rotatable bonds is 13. The molecule has 3 unspecified atom stereocenters. The van der Waals surface area contributed by atoms with Gasteiger partial charge in [-0.3, -0.25) is 14.4 Å². The van der Waals surface area contributed by atoms with E-state index < -0.39 is 40.7 Å². The number of fused-ring (bicyclic) bond motifs is 1. The molecule has 48 heavy (non-hydrogen) atoms. The molecule has 0 aliphatic carbocycles. The number of hydrogen-bond donors (Lipinski definition) is 1. The first-order valence-corrected chi connectivity index (χ1v) is 17.0. The van der Waals surface area contributed by atoms with Crippen LogP contribution in [0.3, 0.4) is 0 Å². The van der Waals surface area contributed by atoms with Gasteiger partial charge in [-0.15, -0.1) is 13.2 Å². The van der Waals surface area contributed by atoms with Gasteiger partial charge in [0.05, 0.1) is 36.7 Å². The number of carbonyl (C=O) groups excluding carboxylic acids is 3. The zero-order valence-electron chi connectivity index (χ0n) is 29.2. The quantitative estimate of drug-likeness (QED) is 0.304. The van der Waals surface area contributed by atoms with Crippen LogP contribution in [0.25, 0.3) is 0 Å². The topological polar surface area (TPSA) is 99.6 Å². The molecule has 9 nitrogen and oxygen atoms in total. The summed E-state index contributed by atoms with van der Waals surface area (Å²) in [5.41, 5.74) is -1.30. The van der Waals surface area contributed by atoms with Crippen LogP contribution in [0.1, 0.15) is 53.5 Å². The van der Waals surface area contributed by atoms with E-state index in [9.17, 15) is 14.7 Å². The number of nitrogens with zero attached hydrogens (tertiary/aromatic N) is 3. The van der Waals surface area contributed by atoms with Crippen LogP contribution in [0, 0.1) is 17.8 Å². The van der Waals surface area contributed by atoms with Crippen molar-refractivity contribution < 1.29 is 29.0 Å². The third-order valence-corrected chi connectivity index (χ3v) is 10.6. The fraction of sp³-hybridized carbons (Fsp3) is 0.513. The summed E-state index contributed by atoms with van der Waals surface area (Å²) in [5.74, 6) is -2.12. The number of likely N-dealkylation sites (tertiary alicyclic amines) is 1. The molecular formula is C39H51N3O6. The molecule has 2 bridgehead atoms. The Hall–Kier alpha value is -3.95. The van der Waals surface area contributed by atoms with E-state index in [1.54, 1.807) is 26.9 Å². The van der Waals surface area contributed by atoms with Crippen LogP contribution in [-0.2, 0) is 25.5 Å². The lowest BCUT2D eigenvalue weighted by atomic mass is 9.62. The minimum atomic E-state index is -1.27. The number of benzene rings is 2. The van der Waals surface area contributed by atoms with Gasteiger partial charge in [-0.1, -0.05) is 49.4 Å². The zero-order chi connectivity index (χ0) is 35.0. The maximum absolute atomic E-state index is 15.0. The summed E-state index contributed by atoms with van der Waals surface area (Å²) in [6.45, 7) is 20.2. The number of aliphatic hydroxyl groups excluding tert-OH is 1. The zero-order valence-corrected chi connectivity index (χ0v) is 29.2. The molecule has 0 aromatic heterocycles. The fourth-order valence-corrected chi connectivity index (χ4v) is 8.34. The summed E-state index contributed by atoms with van der Waals surface area (Å²) < 4.78 is 12.7. The Morgan fingerprint density at radius 1 is 1.08 bits per heavy atom. The van der Waals surface area contributed by atoms with E-state index in [1.807, 2.05) is 96.1 Å². The number of anilines is 1. The van der Waals surface area contributed by atoms with Gasteiger partial charge in [0.1, 0.15) is 17.4 Å². The third kappa shape index (κ3) is 5.85. The van der Waals surface area contributed by atoms with Crippen molar-refractivity contribution in [2.45, 2.75) is 83.2 Å². The van der Waals surface area contributed by atoms with E-state index in [4.69, 9.17) is 9.47 Å². The van der Waals surface area contributed by atoms with E-state index in [1.165, 1.54) is 0 Å².